The highest BCUT2D eigenvalue weighted by molar-refractivity contribution is 5.92. The van der Waals surface area contributed by atoms with Gasteiger partial charge in [-0.2, -0.15) is 5.10 Å². The molecule has 0 saturated carbocycles. The number of halogens is 1. The Hall–Kier alpha value is -2.21. The minimum Gasteiger partial charge on any atom is -0.391 e. The molecular weight excluding hydrogens is 285 g/mol. The van der Waals surface area contributed by atoms with Gasteiger partial charge in [0.15, 0.2) is 0 Å². The van der Waals surface area contributed by atoms with E-state index in [9.17, 15) is 14.3 Å². The van der Waals surface area contributed by atoms with Crippen LogP contribution in [0, 0.1) is 11.7 Å². The third-order valence-corrected chi connectivity index (χ3v) is 4.13. The Bertz CT molecular complexity index is 645. The second-order valence-corrected chi connectivity index (χ2v) is 5.67. The largest absolute Gasteiger partial charge is 0.391 e. The number of nitrogens with zero attached hydrogens (tertiary/aromatic N) is 2. The van der Waals surface area contributed by atoms with Gasteiger partial charge in [-0.1, -0.05) is 12.1 Å². The Labute approximate surface area is 127 Å². The zero-order valence-electron chi connectivity index (χ0n) is 12.1. The number of aliphatic hydroxyl groups is 1. The summed E-state index contributed by atoms with van der Waals surface area (Å²) in [5.41, 5.74) is 1.30. The lowest BCUT2D eigenvalue weighted by atomic mass is 9.87. The van der Waals surface area contributed by atoms with Crippen LogP contribution in [0.4, 0.5) is 4.39 Å². The van der Waals surface area contributed by atoms with Crippen LogP contribution in [-0.4, -0.2) is 45.3 Å². The molecule has 1 aliphatic rings. The van der Waals surface area contributed by atoms with E-state index < -0.39 is 6.10 Å². The second kappa shape index (κ2) is 6.27. The SMILES string of the molecule is O=C(c1ccn[nH]1)N1CC[C@H](Cc2cccc(F)c2)[C@H](O)C1. The number of β-amino-alcohol motifs (C(OH)–C–C–N with tert-alkyl or cyclic N) is 1. The Kier molecular flexibility index (Phi) is 4.20. The van der Waals surface area contributed by atoms with Gasteiger partial charge >= 0.3 is 0 Å². The van der Waals surface area contributed by atoms with Crippen molar-refractivity contribution >= 4 is 5.91 Å². The molecule has 6 heteroatoms. The van der Waals surface area contributed by atoms with Crippen LogP contribution < -0.4 is 0 Å². The number of hydrogen-bond donors (Lipinski definition) is 2. The van der Waals surface area contributed by atoms with Crippen LogP contribution in [0.5, 0.6) is 0 Å². The first kappa shape index (κ1) is 14.7. The maximum atomic E-state index is 13.2. The molecule has 2 aromatic rings. The zero-order valence-corrected chi connectivity index (χ0v) is 12.1. The van der Waals surface area contributed by atoms with Crippen molar-refractivity contribution in [1.82, 2.24) is 15.1 Å². The van der Waals surface area contributed by atoms with Crippen LogP contribution in [0.15, 0.2) is 36.5 Å². The number of rotatable bonds is 3. The fourth-order valence-electron chi connectivity index (χ4n) is 2.91. The highest BCUT2D eigenvalue weighted by Gasteiger charge is 2.31. The fraction of sp³-hybridized carbons (Fsp3) is 0.375. The van der Waals surface area contributed by atoms with Gasteiger partial charge in [-0.25, -0.2) is 4.39 Å². The molecule has 0 aliphatic carbocycles. The molecule has 22 heavy (non-hydrogen) atoms. The van der Waals surface area contributed by atoms with E-state index in [4.69, 9.17) is 0 Å². The normalized spacial score (nSPS) is 21.8. The molecule has 1 aromatic heterocycles. The molecule has 0 spiro atoms. The van der Waals surface area contributed by atoms with E-state index >= 15 is 0 Å². The van der Waals surface area contributed by atoms with Gasteiger partial charge < -0.3 is 10.0 Å². The van der Waals surface area contributed by atoms with E-state index in [-0.39, 0.29) is 24.2 Å². The molecule has 1 fully saturated rings. The summed E-state index contributed by atoms with van der Waals surface area (Å²) < 4.78 is 13.2. The molecule has 1 amide bonds. The second-order valence-electron chi connectivity index (χ2n) is 5.67. The summed E-state index contributed by atoms with van der Waals surface area (Å²) >= 11 is 0. The summed E-state index contributed by atoms with van der Waals surface area (Å²) in [6.07, 6.45) is 2.23. The predicted molar refractivity (Wildman–Crippen MR) is 78.7 cm³/mol. The van der Waals surface area contributed by atoms with E-state index in [0.717, 1.165) is 5.56 Å². The van der Waals surface area contributed by atoms with E-state index in [0.29, 0.717) is 25.1 Å². The highest BCUT2D eigenvalue weighted by atomic mass is 19.1. The fourth-order valence-corrected chi connectivity index (χ4v) is 2.91. The van der Waals surface area contributed by atoms with E-state index in [2.05, 4.69) is 10.2 Å². The van der Waals surface area contributed by atoms with Gasteiger partial charge in [0.2, 0.25) is 0 Å². The van der Waals surface area contributed by atoms with Crippen molar-refractivity contribution in [3.05, 3.63) is 53.6 Å². The van der Waals surface area contributed by atoms with Gasteiger partial charge in [0, 0.05) is 19.3 Å². The van der Waals surface area contributed by atoms with Crippen molar-refractivity contribution in [2.75, 3.05) is 13.1 Å². The van der Waals surface area contributed by atoms with Crippen LogP contribution in [0.1, 0.15) is 22.5 Å². The molecule has 5 nitrogen and oxygen atoms in total. The average Bonchev–Trinajstić information content (AvgIpc) is 3.03. The number of carbonyl (C=O) groups is 1. The van der Waals surface area contributed by atoms with Crippen LogP contribution in [0.3, 0.4) is 0 Å². The van der Waals surface area contributed by atoms with Crippen molar-refractivity contribution in [2.24, 2.45) is 5.92 Å². The maximum Gasteiger partial charge on any atom is 0.271 e. The molecule has 0 unspecified atom stereocenters. The molecule has 116 valence electrons. The minimum atomic E-state index is -0.608. The maximum absolute atomic E-state index is 13.2. The number of aromatic nitrogens is 2. The number of H-pyrrole nitrogens is 1. The molecule has 2 heterocycles. The molecule has 0 radical (unpaired) electrons. The van der Waals surface area contributed by atoms with Gasteiger partial charge in [0.25, 0.3) is 5.91 Å². The minimum absolute atomic E-state index is 0.0348. The number of nitrogens with one attached hydrogen (secondary N) is 1. The predicted octanol–water partition coefficient (Wildman–Crippen LogP) is 1.61. The number of aromatic amines is 1. The lowest BCUT2D eigenvalue weighted by Gasteiger charge is -2.35. The molecule has 3 rings (SSSR count). The Morgan fingerprint density at radius 1 is 1.45 bits per heavy atom. The van der Waals surface area contributed by atoms with Crippen molar-refractivity contribution in [3.63, 3.8) is 0 Å². The summed E-state index contributed by atoms with van der Waals surface area (Å²) in [6, 6.07) is 8.06. The van der Waals surface area contributed by atoms with Gasteiger partial charge in [-0.05, 0) is 42.5 Å². The third-order valence-electron chi connectivity index (χ3n) is 4.13. The summed E-state index contributed by atoms with van der Waals surface area (Å²) in [6.45, 7) is 0.868. The first-order valence-electron chi connectivity index (χ1n) is 7.34. The Balaban J connectivity index is 1.61. The van der Waals surface area contributed by atoms with Gasteiger partial charge in [-0.15, -0.1) is 0 Å². The number of amides is 1. The van der Waals surface area contributed by atoms with Crippen LogP contribution >= 0.6 is 0 Å². The molecule has 1 aliphatic heterocycles. The lowest BCUT2D eigenvalue weighted by Crippen LogP contribution is -2.47. The summed E-state index contributed by atoms with van der Waals surface area (Å²) in [5.74, 6) is -0.382. The van der Waals surface area contributed by atoms with Crippen molar-refractivity contribution in [1.29, 1.82) is 0 Å². The zero-order chi connectivity index (χ0) is 15.5. The molecule has 1 saturated heterocycles. The molecule has 2 N–H and O–H groups in total. The standard InChI is InChI=1S/C16H18FN3O2/c17-13-3-1-2-11(9-13)8-12-5-7-20(10-15(12)21)16(22)14-4-6-18-19-14/h1-4,6,9,12,15,21H,5,7-8,10H2,(H,18,19)/t12-,15-/m1/s1. The summed E-state index contributed by atoms with van der Waals surface area (Å²) in [4.78, 5) is 13.8. The van der Waals surface area contributed by atoms with Gasteiger partial charge in [-0.3, -0.25) is 9.89 Å². The number of likely N-dealkylation sites (tertiary alicyclic amines) is 1. The van der Waals surface area contributed by atoms with E-state index in [1.54, 1.807) is 17.0 Å². The number of aliphatic hydroxyl groups excluding tert-OH is 1. The van der Waals surface area contributed by atoms with Crippen LogP contribution in [-0.2, 0) is 6.42 Å². The molecular formula is C16H18FN3O2. The van der Waals surface area contributed by atoms with E-state index in [1.807, 2.05) is 6.07 Å². The topological polar surface area (TPSA) is 69.2 Å². The van der Waals surface area contributed by atoms with E-state index in [1.165, 1.54) is 18.3 Å². The van der Waals surface area contributed by atoms with Crippen LogP contribution in [0.2, 0.25) is 0 Å². The number of piperidine rings is 1. The quantitative estimate of drug-likeness (QED) is 0.905. The van der Waals surface area contributed by atoms with Crippen molar-refractivity contribution in [3.8, 4) is 0 Å². The van der Waals surface area contributed by atoms with Crippen molar-refractivity contribution in [2.45, 2.75) is 18.9 Å². The Morgan fingerprint density at radius 2 is 2.32 bits per heavy atom. The van der Waals surface area contributed by atoms with Gasteiger partial charge in [0.05, 0.1) is 6.10 Å². The molecule has 1 aromatic carbocycles. The molecule has 0 bridgehead atoms. The lowest BCUT2D eigenvalue weighted by molar-refractivity contribution is 0.0194. The van der Waals surface area contributed by atoms with Crippen molar-refractivity contribution < 1.29 is 14.3 Å². The average molecular weight is 303 g/mol. The monoisotopic (exact) mass is 303 g/mol. The molecule has 2 atom stereocenters. The summed E-state index contributed by atoms with van der Waals surface area (Å²) in [5, 5.41) is 16.7. The Morgan fingerprint density at radius 3 is 3.00 bits per heavy atom. The highest BCUT2D eigenvalue weighted by Crippen LogP contribution is 2.23. The van der Waals surface area contributed by atoms with Crippen LogP contribution in [0.25, 0.3) is 0 Å². The number of benzene rings is 1. The van der Waals surface area contributed by atoms with Gasteiger partial charge in [0.1, 0.15) is 11.5 Å². The first-order valence-corrected chi connectivity index (χ1v) is 7.34. The number of carbonyl (C=O) groups excluding carboxylic acids is 1. The number of hydrogen-bond acceptors (Lipinski definition) is 3. The smallest absolute Gasteiger partial charge is 0.271 e. The summed E-state index contributed by atoms with van der Waals surface area (Å²) in [7, 11) is 0. The first-order chi connectivity index (χ1) is 10.6. The third kappa shape index (κ3) is 3.17.